The molecular weight excluding hydrogens is 677 g/mol. The third-order valence-electron chi connectivity index (χ3n) is 11.6. The summed E-state index contributed by atoms with van der Waals surface area (Å²) in [7, 11) is 5.43. The Kier molecular flexibility index (Phi) is 12.2. The van der Waals surface area contributed by atoms with Crippen LogP contribution in [-0.2, 0) is 60.2 Å². The van der Waals surface area contributed by atoms with Gasteiger partial charge in [0.05, 0.1) is 21.3 Å². The van der Waals surface area contributed by atoms with E-state index in [2.05, 4.69) is 132 Å². The maximum Gasteiger partial charge on any atom is 0.125 e. The highest BCUT2D eigenvalue weighted by molar-refractivity contribution is 5.55. The molecule has 0 saturated carbocycles. The van der Waals surface area contributed by atoms with Crippen LogP contribution >= 0.6 is 0 Å². The lowest BCUT2D eigenvalue weighted by atomic mass is 9.80. The van der Waals surface area contributed by atoms with Gasteiger partial charge in [-0.1, -0.05) is 132 Å². The number of methoxy groups -OCH3 is 3. The summed E-state index contributed by atoms with van der Waals surface area (Å²) in [6.45, 7) is 27.4. The van der Waals surface area contributed by atoms with E-state index < -0.39 is 0 Å². The van der Waals surface area contributed by atoms with Gasteiger partial charge in [0.2, 0.25) is 0 Å². The molecule has 0 aromatic heterocycles. The average Bonchev–Trinajstić information content (AvgIpc) is 3.07. The van der Waals surface area contributed by atoms with Crippen molar-refractivity contribution in [3.8, 4) is 23.0 Å². The van der Waals surface area contributed by atoms with Gasteiger partial charge in [-0.15, -0.1) is 0 Å². The van der Waals surface area contributed by atoms with Crippen LogP contribution in [0.4, 0.5) is 0 Å². The van der Waals surface area contributed by atoms with Crippen molar-refractivity contribution in [2.75, 3.05) is 21.3 Å². The molecule has 8 bridgehead atoms. The zero-order chi connectivity index (χ0) is 40.7. The van der Waals surface area contributed by atoms with Gasteiger partial charge in [-0.2, -0.15) is 0 Å². The molecule has 0 fully saturated rings. The summed E-state index contributed by atoms with van der Waals surface area (Å²) in [6, 6.07) is 18.6. The molecule has 0 radical (unpaired) electrons. The smallest absolute Gasteiger partial charge is 0.125 e. The van der Waals surface area contributed by atoms with Crippen molar-refractivity contribution in [1.29, 1.82) is 0 Å². The van der Waals surface area contributed by atoms with Crippen LogP contribution in [0, 0.1) is 0 Å². The highest BCUT2D eigenvalue weighted by Crippen LogP contribution is 2.41. The molecule has 5 rings (SSSR count). The summed E-state index contributed by atoms with van der Waals surface area (Å²) in [5.41, 5.74) is 14.1. The molecule has 0 aliphatic heterocycles. The number of aromatic hydroxyl groups is 1. The van der Waals surface area contributed by atoms with Crippen LogP contribution in [0.5, 0.6) is 23.0 Å². The van der Waals surface area contributed by atoms with Gasteiger partial charge in [0, 0.05) is 12.8 Å². The zero-order valence-corrected chi connectivity index (χ0v) is 36.9. The molecule has 1 aliphatic rings. The van der Waals surface area contributed by atoms with Gasteiger partial charge in [0.15, 0.2) is 0 Å². The molecule has 1 aliphatic carbocycles. The second-order valence-corrected chi connectivity index (χ2v) is 20.2. The summed E-state index contributed by atoms with van der Waals surface area (Å²) < 4.78 is 18.9. The predicted molar refractivity (Wildman–Crippen MR) is 232 cm³/mol. The van der Waals surface area contributed by atoms with Crippen LogP contribution in [0.1, 0.15) is 163 Å². The van der Waals surface area contributed by atoms with Gasteiger partial charge in [-0.05, 0) is 127 Å². The molecule has 298 valence electrons. The first kappa shape index (κ1) is 42.2. The Morgan fingerprint density at radius 1 is 0.364 bits per heavy atom. The second-order valence-electron chi connectivity index (χ2n) is 20.2. The first-order chi connectivity index (χ1) is 25.5. The number of aryl methyl sites for hydroxylation is 4. The van der Waals surface area contributed by atoms with Gasteiger partial charge in [0.25, 0.3) is 0 Å². The Balaban J connectivity index is 1.77. The fraction of sp³-hybridized carbons (Fsp3) is 0.529. The minimum absolute atomic E-state index is 0.0283. The van der Waals surface area contributed by atoms with E-state index in [1.165, 1.54) is 50.1 Å². The largest absolute Gasteiger partial charge is 0.507 e. The van der Waals surface area contributed by atoms with Crippen LogP contribution in [0.2, 0.25) is 0 Å². The van der Waals surface area contributed by atoms with E-state index in [1.807, 2.05) is 14.2 Å². The minimum Gasteiger partial charge on any atom is -0.507 e. The first-order valence-electron chi connectivity index (χ1n) is 20.5. The summed E-state index contributed by atoms with van der Waals surface area (Å²) in [4.78, 5) is 0. The van der Waals surface area contributed by atoms with Crippen LogP contribution in [-0.4, -0.2) is 26.4 Å². The van der Waals surface area contributed by atoms with Crippen LogP contribution in [0.3, 0.4) is 0 Å². The first-order valence-corrected chi connectivity index (χ1v) is 20.5. The molecule has 55 heavy (non-hydrogen) atoms. The average molecular weight is 747 g/mol. The molecule has 4 nitrogen and oxygen atoms in total. The Morgan fingerprint density at radius 3 is 0.891 bits per heavy atom. The van der Waals surface area contributed by atoms with Crippen LogP contribution in [0.25, 0.3) is 0 Å². The van der Waals surface area contributed by atoms with Gasteiger partial charge < -0.3 is 19.3 Å². The lowest BCUT2D eigenvalue weighted by molar-refractivity contribution is 0.397. The molecule has 0 unspecified atom stereocenters. The molecule has 0 amide bonds. The lowest BCUT2D eigenvalue weighted by Gasteiger charge is -2.27. The standard InChI is InChI=1S/C51H70O4/c1-48(2,3)40-24-32-18-16-19-33-25-42(50(7,8)9)30-38(46(33)54-14)23-39-31-43(51(10,11)12)27-35(47(39)55-15)21-17-20-34-26-41(49(4,5)6)29-37(45(34)53-13)22-36(28-40)44(32)52/h24-31,52H,16-23H2,1-15H3. The van der Waals surface area contributed by atoms with E-state index in [0.29, 0.717) is 18.6 Å². The van der Waals surface area contributed by atoms with Crippen molar-refractivity contribution in [2.45, 2.75) is 156 Å². The molecule has 0 heterocycles. The fourth-order valence-electron chi connectivity index (χ4n) is 8.17. The van der Waals surface area contributed by atoms with Crippen molar-refractivity contribution in [1.82, 2.24) is 0 Å². The number of benzene rings is 4. The summed E-state index contributed by atoms with van der Waals surface area (Å²) in [5.74, 6) is 3.27. The van der Waals surface area contributed by atoms with Gasteiger partial charge in [-0.3, -0.25) is 0 Å². The van der Waals surface area contributed by atoms with Crippen molar-refractivity contribution in [3.05, 3.63) is 115 Å². The maximum absolute atomic E-state index is 12.0. The fourth-order valence-corrected chi connectivity index (χ4v) is 8.17. The molecule has 0 atom stereocenters. The number of fused-ring (bicyclic) bond motifs is 8. The quantitative estimate of drug-likeness (QED) is 0.227. The lowest BCUT2D eigenvalue weighted by Crippen LogP contribution is -2.15. The molecule has 4 aromatic rings. The highest BCUT2D eigenvalue weighted by Gasteiger charge is 2.26. The normalized spacial score (nSPS) is 14.7. The topological polar surface area (TPSA) is 47.9 Å². The number of phenols is 1. The molecule has 4 aromatic carbocycles. The molecule has 0 spiro atoms. The van der Waals surface area contributed by atoms with Gasteiger partial charge in [-0.25, -0.2) is 0 Å². The summed E-state index contributed by atoms with van der Waals surface area (Å²) in [6.07, 6.45) is 6.46. The molecular formula is C51H70O4. The van der Waals surface area contributed by atoms with E-state index in [-0.39, 0.29) is 21.7 Å². The van der Waals surface area contributed by atoms with E-state index in [9.17, 15) is 5.11 Å². The van der Waals surface area contributed by atoms with Crippen molar-refractivity contribution < 1.29 is 19.3 Å². The number of hydrogen-bond acceptors (Lipinski definition) is 4. The van der Waals surface area contributed by atoms with Crippen LogP contribution in [0.15, 0.2) is 48.5 Å². The Morgan fingerprint density at radius 2 is 0.600 bits per heavy atom. The van der Waals surface area contributed by atoms with E-state index in [4.69, 9.17) is 14.2 Å². The van der Waals surface area contributed by atoms with Crippen LogP contribution < -0.4 is 14.2 Å². The monoisotopic (exact) mass is 747 g/mol. The number of ether oxygens (including phenoxy) is 3. The van der Waals surface area contributed by atoms with E-state index in [1.54, 1.807) is 7.11 Å². The third kappa shape index (κ3) is 9.55. The van der Waals surface area contributed by atoms with E-state index >= 15 is 0 Å². The van der Waals surface area contributed by atoms with Gasteiger partial charge in [0.1, 0.15) is 23.0 Å². The highest BCUT2D eigenvalue weighted by atomic mass is 16.5. The zero-order valence-electron chi connectivity index (χ0n) is 36.9. The van der Waals surface area contributed by atoms with E-state index in [0.717, 1.165) is 72.5 Å². The number of hydrogen-bond donors (Lipinski definition) is 1. The SMILES string of the molecule is COc1c2cc(C(C)(C)C)cc1Cc1cc(C(C)(C)C)cc(c1O)CCCc1cc(C(C)(C)C)cc(c1OC)Cc1cc(C(C)(C)C)cc(c1OC)CCC2. The summed E-state index contributed by atoms with van der Waals surface area (Å²) >= 11 is 0. The number of phenolic OH excluding ortho intramolecular Hbond substituents is 1. The molecule has 1 N–H and O–H groups in total. The molecule has 4 heteroatoms. The Bertz CT molecular complexity index is 2000. The Hall–Kier alpha value is -3.92. The second kappa shape index (κ2) is 15.9. The molecule has 0 saturated heterocycles. The summed E-state index contributed by atoms with van der Waals surface area (Å²) in [5, 5.41) is 12.0. The van der Waals surface area contributed by atoms with Crippen molar-refractivity contribution in [2.24, 2.45) is 0 Å². The van der Waals surface area contributed by atoms with Crippen molar-refractivity contribution >= 4 is 0 Å². The predicted octanol–water partition coefficient (Wildman–Crippen LogP) is 12.5. The van der Waals surface area contributed by atoms with Crippen molar-refractivity contribution in [3.63, 3.8) is 0 Å². The number of rotatable bonds is 3. The maximum atomic E-state index is 12.0. The third-order valence-corrected chi connectivity index (χ3v) is 11.6. The minimum atomic E-state index is -0.0730. The van der Waals surface area contributed by atoms with Gasteiger partial charge >= 0.3 is 0 Å². The Labute approximate surface area is 334 Å².